The lowest BCUT2D eigenvalue weighted by atomic mass is 10.00. The standard InChI is InChI=1S/C16H24N4O/c1-2-5-14-12-13(8-11-21-14)17-9-7-16-19-18-15-6-3-4-10-20(15)16/h3-4,6,10,13-14,17H,2,5,7-9,11-12H2,1H3. The molecule has 1 aliphatic heterocycles. The Hall–Kier alpha value is -1.46. The molecular weight excluding hydrogens is 264 g/mol. The quantitative estimate of drug-likeness (QED) is 0.885. The molecule has 5 heteroatoms. The highest BCUT2D eigenvalue weighted by Crippen LogP contribution is 2.17. The summed E-state index contributed by atoms with van der Waals surface area (Å²) in [4.78, 5) is 0. The zero-order valence-electron chi connectivity index (χ0n) is 12.7. The summed E-state index contributed by atoms with van der Waals surface area (Å²) in [6, 6.07) is 6.57. The van der Waals surface area contributed by atoms with Gasteiger partial charge in [-0.15, -0.1) is 10.2 Å². The van der Waals surface area contributed by atoms with Crippen LogP contribution in [0, 0.1) is 0 Å². The largest absolute Gasteiger partial charge is 0.378 e. The van der Waals surface area contributed by atoms with Gasteiger partial charge < -0.3 is 10.1 Å². The van der Waals surface area contributed by atoms with E-state index in [0.29, 0.717) is 12.1 Å². The number of rotatable bonds is 6. The van der Waals surface area contributed by atoms with Gasteiger partial charge in [0.25, 0.3) is 0 Å². The number of nitrogens with zero attached hydrogens (tertiary/aromatic N) is 3. The minimum Gasteiger partial charge on any atom is -0.378 e. The van der Waals surface area contributed by atoms with Crippen LogP contribution in [0.3, 0.4) is 0 Å². The van der Waals surface area contributed by atoms with Crippen LogP contribution in [0.4, 0.5) is 0 Å². The van der Waals surface area contributed by atoms with Crippen LogP contribution in [0.1, 0.15) is 38.4 Å². The monoisotopic (exact) mass is 288 g/mol. The maximum atomic E-state index is 5.79. The lowest BCUT2D eigenvalue weighted by Crippen LogP contribution is -2.39. The van der Waals surface area contributed by atoms with Crippen molar-refractivity contribution in [3.8, 4) is 0 Å². The van der Waals surface area contributed by atoms with Crippen LogP contribution in [0.2, 0.25) is 0 Å². The molecule has 1 aliphatic rings. The van der Waals surface area contributed by atoms with Crippen molar-refractivity contribution in [1.29, 1.82) is 0 Å². The van der Waals surface area contributed by atoms with E-state index in [4.69, 9.17) is 4.74 Å². The molecule has 2 atom stereocenters. The van der Waals surface area contributed by atoms with E-state index in [0.717, 1.165) is 43.9 Å². The summed E-state index contributed by atoms with van der Waals surface area (Å²) in [5.74, 6) is 1.02. The van der Waals surface area contributed by atoms with Gasteiger partial charge in [-0.2, -0.15) is 0 Å². The van der Waals surface area contributed by atoms with E-state index in [2.05, 4.69) is 26.8 Å². The minimum absolute atomic E-state index is 0.440. The molecule has 2 aromatic rings. The van der Waals surface area contributed by atoms with E-state index in [-0.39, 0.29) is 0 Å². The number of ether oxygens (including phenoxy) is 1. The fourth-order valence-electron chi connectivity index (χ4n) is 3.04. The molecule has 1 N–H and O–H groups in total. The fraction of sp³-hybridized carbons (Fsp3) is 0.625. The number of hydrogen-bond donors (Lipinski definition) is 1. The van der Waals surface area contributed by atoms with E-state index in [1.54, 1.807) is 0 Å². The average molecular weight is 288 g/mol. The van der Waals surface area contributed by atoms with E-state index in [1.165, 1.54) is 12.8 Å². The zero-order chi connectivity index (χ0) is 14.5. The van der Waals surface area contributed by atoms with E-state index in [9.17, 15) is 0 Å². The Bertz CT molecular complexity index is 566. The molecule has 2 aromatic heterocycles. The Labute approximate surface area is 125 Å². The topological polar surface area (TPSA) is 51.5 Å². The first-order valence-electron chi connectivity index (χ1n) is 8.00. The summed E-state index contributed by atoms with van der Waals surface area (Å²) in [6.45, 7) is 4.05. The average Bonchev–Trinajstić information content (AvgIpc) is 2.92. The molecule has 0 aromatic carbocycles. The van der Waals surface area contributed by atoms with Gasteiger partial charge in [0.1, 0.15) is 5.82 Å². The predicted molar refractivity (Wildman–Crippen MR) is 82.4 cm³/mol. The maximum absolute atomic E-state index is 5.79. The number of hydrogen-bond acceptors (Lipinski definition) is 4. The molecule has 0 amide bonds. The van der Waals surface area contributed by atoms with Crippen molar-refractivity contribution in [3.63, 3.8) is 0 Å². The Balaban J connectivity index is 1.49. The zero-order valence-corrected chi connectivity index (χ0v) is 12.7. The van der Waals surface area contributed by atoms with Crippen LogP contribution in [-0.4, -0.2) is 39.9 Å². The highest BCUT2D eigenvalue weighted by atomic mass is 16.5. The van der Waals surface area contributed by atoms with Gasteiger partial charge in [0, 0.05) is 31.8 Å². The van der Waals surface area contributed by atoms with Crippen LogP contribution in [0.25, 0.3) is 5.65 Å². The fourth-order valence-corrected chi connectivity index (χ4v) is 3.04. The number of pyridine rings is 1. The van der Waals surface area contributed by atoms with Gasteiger partial charge in [-0.05, 0) is 31.4 Å². The van der Waals surface area contributed by atoms with Gasteiger partial charge in [-0.25, -0.2) is 0 Å². The van der Waals surface area contributed by atoms with Crippen molar-refractivity contribution in [1.82, 2.24) is 19.9 Å². The molecule has 0 aliphatic carbocycles. The molecule has 0 bridgehead atoms. The SMILES string of the molecule is CCCC1CC(NCCc2nnc3ccccn23)CCO1. The van der Waals surface area contributed by atoms with Crippen molar-refractivity contribution >= 4 is 5.65 Å². The summed E-state index contributed by atoms with van der Waals surface area (Å²) >= 11 is 0. The summed E-state index contributed by atoms with van der Waals surface area (Å²) in [5.41, 5.74) is 0.918. The van der Waals surface area contributed by atoms with Crippen molar-refractivity contribution in [2.45, 2.75) is 51.2 Å². The van der Waals surface area contributed by atoms with Crippen LogP contribution in [-0.2, 0) is 11.2 Å². The Morgan fingerprint density at radius 2 is 2.33 bits per heavy atom. The Morgan fingerprint density at radius 1 is 1.38 bits per heavy atom. The van der Waals surface area contributed by atoms with Crippen molar-refractivity contribution < 1.29 is 4.74 Å². The van der Waals surface area contributed by atoms with Crippen molar-refractivity contribution in [2.75, 3.05) is 13.2 Å². The normalized spacial score (nSPS) is 22.7. The number of aromatic nitrogens is 3. The van der Waals surface area contributed by atoms with Crippen LogP contribution in [0.15, 0.2) is 24.4 Å². The first-order valence-corrected chi connectivity index (χ1v) is 8.00. The highest BCUT2D eigenvalue weighted by Gasteiger charge is 2.21. The van der Waals surface area contributed by atoms with Gasteiger partial charge in [-0.3, -0.25) is 4.40 Å². The molecule has 0 saturated carbocycles. The first-order chi connectivity index (χ1) is 10.4. The second-order valence-electron chi connectivity index (χ2n) is 5.75. The molecule has 114 valence electrons. The van der Waals surface area contributed by atoms with Gasteiger partial charge in [-0.1, -0.05) is 19.4 Å². The van der Waals surface area contributed by atoms with E-state index in [1.807, 2.05) is 24.4 Å². The van der Waals surface area contributed by atoms with Gasteiger partial charge in [0.05, 0.1) is 6.10 Å². The molecule has 0 spiro atoms. The van der Waals surface area contributed by atoms with Crippen LogP contribution >= 0.6 is 0 Å². The van der Waals surface area contributed by atoms with E-state index < -0.39 is 0 Å². The third-order valence-electron chi connectivity index (χ3n) is 4.14. The summed E-state index contributed by atoms with van der Waals surface area (Å²) in [5, 5.41) is 12.1. The molecule has 2 unspecified atom stereocenters. The summed E-state index contributed by atoms with van der Waals surface area (Å²) in [7, 11) is 0. The van der Waals surface area contributed by atoms with Crippen molar-refractivity contribution in [2.24, 2.45) is 0 Å². The first kappa shape index (κ1) is 14.5. The highest BCUT2D eigenvalue weighted by molar-refractivity contribution is 5.36. The lowest BCUT2D eigenvalue weighted by molar-refractivity contribution is -0.00302. The third-order valence-corrected chi connectivity index (χ3v) is 4.14. The molecular formula is C16H24N4O. The molecule has 21 heavy (non-hydrogen) atoms. The van der Waals surface area contributed by atoms with Gasteiger partial charge >= 0.3 is 0 Å². The van der Waals surface area contributed by atoms with Gasteiger partial charge in [0.2, 0.25) is 0 Å². The minimum atomic E-state index is 0.440. The number of fused-ring (bicyclic) bond motifs is 1. The summed E-state index contributed by atoms with van der Waals surface area (Å²) in [6.07, 6.45) is 7.98. The van der Waals surface area contributed by atoms with Crippen LogP contribution in [0.5, 0.6) is 0 Å². The molecule has 3 heterocycles. The van der Waals surface area contributed by atoms with Gasteiger partial charge in [0.15, 0.2) is 5.65 Å². The smallest absolute Gasteiger partial charge is 0.160 e. The predicted octanol–water partition coefficient (Wildman–Crippen LogP) is 2.21. The molecule has 1 saturated heterocycles. The lowest BCUT2D eigenvalue weighted by Gasteiger charge is -2.30. The Morgan fingerprint density at radius 3 is 3.24 bits per heavy atom. The molecule has 5 nitrogen and oxygen atoms in total. The second kappa shape index (κ2) is 7.00. The molecule has 0 radical (unpaired) electrons. The Kier molecular flexibility index (Phi) is 4.83. The van der Waals surface area contributed by atoms with Crippen molar-refractivity contribution in [3.05, 3.63) is 30.2 Å². The van der Waals surface area contributed by atoms with Crippen LogP contribution < -0.4 is 5.32 Å². The second-order valence-corrected chi connectivity index (χ2v) is 5.75. The maximum Gasteiger partial charge on any atom is 0.160 e. The van der Waals surface area contributed by atoms with E-state index >= 15 is 0 Å². The number of nitrogens with one attached hydrogen (secondary N) is 1. The summed E-state index contributed by atoms with van der Waals surface area (Å²) < 4.78 is 7.85. The third kappa shape index (κ3) is 3.60. The molecule has 3 rings (SSSR count). The molecule has 1 fully saturated rings.